The summed E-state index contributed by atoms with van der Waals surface area (Å²) < 4.78 is 38.9. The highest BCUT2D eigenvalue weighted by atomic mass is 19.1. The number of aromatic nitrogens is 2. The minimum absolute atomic E-state index is 0.0870. The van der Waals surface area contributed by atoms with E-state index in [4.69, 9.17) is 9.47 Å². The Morgan fingerprint density at radius 3 is 2.86 bits per heavy atom. The van der Waals surface area contributed by atoms with E-state index < -0.39 is 17.2 Å². The quantitative estimate of drug-likeness (QED) is 0.805. The highest BCUT2D eigenvalue weighted by Gasteiger charge is 2.41. The molecule has 28 heavy (non-hydrogen) atoms. The van der Waals surface area contributed by atoms with Crippen LogP contribution in [-0.4, -0.2) is 64.9 Å². The number of benzene rings is 1. The van der Waals surface area contributed by atoms with Crippen LogP contribution in [0.15, 0.2) is 12.1 Å². The van der Waals surface area contributed by atoms with Crippen molar-refractivity contribution in [2.45, 2.75) is 44.9 Å². The first-order valence-corrected chi connectivity index (χ1v) is 9.42. The number of rotatable bonds is 1. The molecule has 2 unspecified atom stereocenters. The Labute approximate surface area is 161 Å². The number of piperidine rings is 1. The van der Waals surface area contributed by atoms with Crippen molar-refractivity contribution in [1.29, 1.82) is 0 Å². The lowest BCUT2D eigenvalue weighted by Crippen LogP contribution is -2.62. The average Bonchev–Trinajstić information content (AvgIpc) is 3.03. The normalized spacial score (nSPS) is 23.0. The molecule has 7 nitrogen and oxygen atoms in total. The molecular weight excluding hydrogens is 370 g/mol. The number of morpholine rings is 1. The van der Waals surface area contributed by atoms with Gasteiger partial charge >= 0.3 is 6.09 Å². The molecule has 0 radical (unpaired) electrons. The van der Waals surface area contributed by atoms with Gasteiger partial charge in [0, 0.05) is 25.7 Å². The van der Waals surface area contributed by atoms with Crippen molar-refractivity contribution < 1.29 is 23.0 Å². The fraction of sp³-hybridized carbons (Fsp3) is 0.579. The van der Waals surface area contributed by atoms with Crippen molar-refractivity contribution in [1.82, 2.24) is 14.9 Å². The van der Waals surface area contributed by atoms with Crippen LogP contribution in [0.3, 0.4) is 0 Å². The second-order valence-electron chi connectivity index (χ2n) is 8.23. The van der Waals surface area contributed by atoms with Gasteiger partial charge in [0.05, 0.1) is 24.3 Å². The van der Waals surface area contributed by atoms with Gasteiger partial charge in [0.25, 0.3) is 0 Å². The van der Waals surface area contributed by atoms with Crippen molar-refractivity contribution in [3.8, 4) is 0 Å². The Balaban J connectivity index is 1.57. The van der Waals surface area contributed by atoms with Gasteiger partial charge in [0.1, 0.15) is 16.9 Å². The summed E-state index contributed by atoms with van der Waals surface area (Å²) in [6.07, 6.45) is 0.235. The van der Waals surface area contributed by atoms with Crippen molar-refractivity contribution >= 4 is 23.1 Å². The largest absolute Gasteiger partial charge is 0.444 e. The number of anilines is 1. The lowest BCUT2D eigenvalue weighted by molar-refractivity contribution is -0.0814. The van der Waals surface area contributed by atoms with E-state index in [1.165, 1.54) is 6.07 Å². The maximum Gasteiger partial charge on any atom is 0.410 e. The zero-order valence-corrected chi connectivity index (χ0v) is 16.2. The third-order valence-electron chi connectivity index (χ3n) is 5.00. The molecule has 1 amide bonds. The van der Waals surface area contributed by atoms with Gasteiger partial charge in [0.2, 0.25) is 5.95 Å². The number of hydrogen-bond donors (Lipinski definition) is 1. The Bertz CT molecular complexity index is 895. The van der Waals surface area contributed by atoms with Crippen LogP contribution in [0.5, 0.6) is 0 Å². The highest BCUT2D eigenvalue weighted by Crippen LogP contribution is 2.28. The van der Waals surface area contributed by atoms with Gasteiger partial charge in [0.15, 0.2) is 5.82 Å². The molecular formula is C19H24F2N4O3. The molecule has 2 fully saturated rings. The van der Waals surface area contributed by atoms with Gasteiger partial charge < -0.3 is 19.4 Å². The van der Waals surface area contributed by atoms with E-state index in [9.17, 15) is 13.6 Å². The van der Waals surface area contributed by atoms with Gasteiger partial charge in [-0.15, -0.1) is 0 Å². The fourth-order valence-corrected chi connectivity index (χ4v) is 3.79. The van der Waals surface area contributed by atoms with Crippen molar-refractivity contribution in [3.63, 3.8) is 0 Å². The predicted octanol–water partition coefficient (Wildman–Crippen LogP) is 3.06. The number of imidazole rings is 1. The number of hydrogen-bond acceptors (Lipinski definition) is 5. The van der Waals surface area contributed by atoms with Crippen molar-refractivity contribution in [2.75, 3.05) is 31.1 Å². The second kappa shape index (κ2) is 6.88. The molecule has 152 valence electrons. The molecule has 2 saturated heterocycles. The Morgan fingerprint density at radius 1 is 1.32 bits per heavy atom. The first kappa shape index (κ1) is 18.9. The van der Waals surface area contributed by atoms with Crippen LogP contribution in [0.25, 0.3) is 11.0 Å². The highest BCUT2D eigenvalue weighted by molar-refractivity contribution is 5.78. The minimum atomic E-state index is -0.705. The molecule has 2 aliphatic rings. The van der Waals surface area contributed by atoms with Crippen molar-refractivity contribution in [2.24, 2.45) is 0 Å². The summed E-state index contributed by atoms with van der Waals surface area (Å²) in [4.78, 5) is 23.6. The van der Waals surface area contributed by atoms with E-state index in [2.05, 4.69) is 9.97 Å². The lowest BCUT2D eigenvalue weighted by atomic mass is 9.99. The van der Waals surface area contributed by atoms with Crippen LogP contribution < -0.4 is 4.90 Å². The predicted molar refractivity (Wildman–Crippen MR) is 99.3 cm³/mol. The van der Waals surface area contributed by atoms with Gasteiger partial charge in [-0.2, -0.15) is 0 Å². The molecule has 4 rings (SSSR count). The van der Waals surface area contributed by atoms with Crippen LogP contribution in [0.1, 0.15) is 27.2 Å². The minimum Gasteiger partial charge on any atom is -0.444 e. The molecule has 2 aliphatic heterocycles. The van der Waals surface area contributed by atoms with Crippen LogP contribution >= 0.6 is 0 Å². The smallest absolute Gasteiger partial charge is 0.410 e. The van der Waals surface area contributed by atoms with Crippen LogP contribution in [0, 0.1) is 11.6 Å². The summed E-state index contributed by atoms with van der Waals surface area (Å²) in [6.45, 7) is 7.51. The number of amides is 1. The van der Waals surface area contributed by atoms with Crippen LogP contribution in [0.4, 0.5) is 19.5 Å². The number of halogens is 2. The van der Waals surface area contributed by atoms with E-state index in [0.29, 0.717) is 44.1 Å². The van der Waals surface area contributed by atoms with Gasteiger partial charge in [-0.25, -0.2) is 18.6 Å². The van der Waals surface area contributed by atoms with Crippen LogP contribution in [0.2, 0.25) is 0 Å². The van der Waals surface area contributed by atoms with E-state index >= 15 is 0 Å². The SMILES string of the molecule is CC(C)(C)OC(=O)N1CCOC2CCN(c3nc4c(F)cc(F)cc4[nH]3)CC21. The maximum absolute atomic E-state index is 14.0. The number of ether oxygens (including phenoxy) is 2. The van der Waals surface area contributed by atoms with Gasteiger partial charge in [-0.3, -0.25) is 4.90 Å². The third kappa shape index (κ3) is 3.63. The third-order valence-corrected chi connectivity index (χ3v) is 5.00. The maximum atomic E-state index is 14.0. The molecule has 1 aromatic heterocycles. The Morgan fingerprint density at radius 2 is 2.11 bits per heavy atom. The number of H-pyrrole nitrogens is 1. The summed E-state index contributed by atoms with van der Waals surface area (Å²) in [6, 6.07) is 1.84. The number of carbonyl (C=O) groups excluding carboxylic acids is 1. The molecule has 3 heterocycles. The number of fused-ring (bicyclic) bond motifs is 2. The number of nitrogens with one attached hydrogen (secondary N) is 1. The zero-order chi connectivity index (χ0) is 20.1. The number of nitrogens with zero attached hydrogens (tertiary/aromatic N) is 3. The summed E-state index contributed by atoms with van der Waals surface area (Å²) in [5.41, 5.74) is -0.180. The monoisotopic (exact) mass is 394 g/mol. The van der Waals surface area contributed by atoms with Crippen LogP contribution in [-0.2, 0) is 9.47 Å². The van der Waals surface area contributed by atoms with E-state index in [0.717, 1.165) is 6.07 Å². The standard InChI is InChI=1S/C19H24F2N4O3/c1-19(2,3)28-18(26)25-6-7-27-15-4-5-24(10-14(15)25)17-22-13-9-11(20)8-12(21)16(13)23-17/h8-9,14-15H,4-7,10H2,1-3H3,(H,22,23). The van der Waals surface area contributed by atoms with Gasteiger partial charge in [-0.1, -0.05) is 0 Å². The molecule has 2 aromatic rings. The van der Waals surface area contributed by atoms with E-state index in [-0.39, 0.29) is 23.8 Å². The fourth-order valence-electron chi connectivity index (χ4n) is 3.79. The summed E-state index contributed by atoms with van der Waals surface area (Å²) in [5.74, 6) is -0.910. The first-order chi connectivity index (χ1) is 13.2. The summed E-state index contributed by atoms with van der Waals surface area (Å²) in [5, 5.41) is 0. The van der Waals surface area contributed by atoms with E-state index in [1.807, 2.05) is 25.7 Å². The number of aromatic amines is 1. The average molecular weight is 394 g/mol. The molecule has 2 atom stereocenters. The van der Waals surface area contributed by atoms with Gasteiger partial charge in [-0.05, 0) is 33.3 Å². The molecule has 9 heteroatoms. The number of carbonyl (C=O) groups is 1. The zero-order valence-electron chi connectivity index (χ0n) is 16.2. The molecule has 0 aliphatic carbocycles. The Kier molecular flexibility index (Phi) is 4.65. The topological polar surface area (TPSA) is 70.7 Å². The summed E-state index contributed by atoms with van der Waals surface area (Å²) >= 11 is 0. The van der Waals surface area contributed by atoms with Crippen molar-refractivity contribution in [3.05, 3.63) is 23.8 Å². The Hall–Kier alpha value is -2.42. The summed E-state index contributed by atoms with van der Waals surface area (Å²) in [7, 11) is 0. The molecule has 0 saturated carbocycles. The lowest BCUT2D eigenvalue weighted by Gasteiger charge is -2.46. The molecule has 1 aromatic carbocycles. The van der Waals surface area contributed by atoms with E-state index in [1.54, 1.807) is 4.90 Å². The molecule has 1 N–H and O–H groups in total. The second-order valence-corrected chi connectivity index (χ2v) is 8.23. The molecule has 0 spiro atoms. The molecule has 0 bridgehead atoms. The first-order valence-electron chi connectivity index (χ1n) is 9.42.